The Bertz CT molecular complexity index is 514. The van der Waals surface area contributed by atoms with Crippen molar-refractivity contribution in [1.82, 2.24) is 4.98 Å². The van der Waals surface area contributed by atoms with Gasteiger partial charge >= 0.3 is 0 Å². The quantitative estimate of drug-likeness (QED) is 0.838. The molecule has 1 heterocycles. The van der Waals surface area contributed by atoms with Crippen LogP contribution >= 0.6 is 12.2 Å². The van der Waals surface area contributed by atoms with Gasteiger partial charge in [0.1, 0.15) is 17.3 Å². The Morgan fingerprint density at radius 3 is 2.82 bits per heavy atom. The predicted molar refractivity (Wildman–Crippen MR) is 70.9 cm³/mol. The van der Waals surface area contributed by atoms with Crippen molar-refractivity contribution in [3.05, 3.63) is 59.9 Å². The minimum atomic E-state index is 0.369. The molecule has 1 aromatic carbocycles. The Balaban J connectivity index is 2.04. The average molecular weight is 244 g/mol. The van der Waals surface area contributed by atoms with Crippen LogP contribution in [0.25, 0.3) is 0 Å². The molecule has 1 aromatic heterocycles. The molecule has 0 saturated carbocycles. The normalized spacial score (nSPS) is 9.88. The van der Waals surface area contributed by atoms with Crippen molar-refractivity contribution in [3.63, 3.8) is 0 Å². The number of pyridine rings is 1. The lowest BCUT2D eigenvalue weighted by atomic mass is 10.2. The van der Waals surface area contributed by atoms with E-state index >= 15 is 0 Å². The highest BCUT2D eigenvalue weighted by atomic mass is 32.1. The van der Waals surface area contributed by atoms with E-state index in [4.69, 9.17) is 22.7 Å². The number of thiocarbonyl (C=S) groups is 1. The molecule has 17 heavy (non-hydrogen) atoms. The Labute approximate surface area is 105 Å². The van der Waals surface area contributed by atoms with E-state index in [-0.39, 0.29) is 0 Å². The summed E-state index contributed by atoms with van der Waals surface area (Å²) in [6.45, 7) is 0.432. The van der Waals surface area contributed by atoms with Gasteiger partial charge in [0.15, 0.2) is 0 Å². The van der Waals surface area contributed by atoms with Gasteiger partial charge in [-0.05, 0) is 24.3 Å². The number of aromatic nitrogens is 1. The molecule has 86 valence electrons. The number of nitrogens with zero attached hydrogens (tertiary/aromatic N) is 1. The summed E-state index contributed by atoms with van der Waals surface area (Å²) in [5.74, 6) is 0.737. The zero-order valence-electron chi connectivity index (χ0n) is 9.17. The van der Waals surface area contributed by atoms with Crippen LogP contribution in [0.3, 0.4) is 0 Å². The van der Waals surface area contributed by atoms with Gasteiger partial charge in [-0.25, -0.2) is 0 Å². The van der Waals surface area contributed by atoms with E-state index in [2.05, 4.69) is 4.98 Å². The summed E-state index contributed by atoms with van der Waals surface area (Å²) in [5.41, 5.74) is 7.24. The number of nitrogens with two attached hydrogens (primary N) is 1. The van der Waals surface area contributed by atoms with Crippen LogP contribution in [0.4, 0.5) is 0 Å². The summed E-state index contributed by atoms with van der Waals surface area (Å²) in [7, 11) is 0. The highest BCUT2D eigenvalue weighted by molar-refractivity contribution is 7.80. The van der Waals surface area contributed by atoms with Crippen molar-refractivity contribution >= 4 is 17.2 Å². The van der Waals surface area contributed by atoms with Crippen LogP contribution in [0.2, 0.25) is 0 Å². The van der Waals surface area contributed by atoms with Crippen molar-refractivity contribution in [1.29, 1.82) is 0 Å². The topological polar surface area (TPSA) is 48.1 Å². The summed E-state index contributed by atoms with van der Waals surface area (Å²) in [6.07, 6.45) is 1.74. The van der Waals surface area contributed by atoms with E-state index in [1.54, 1.807) is 6.20 Å². The van der Waals surface area contributed by atoms with Crippen molar-refractivity contribution in [3.8, 4) is 5.75 Å². The van der Waals surface area contributed by atoms with Crippen molar-refractivity contribution in [2.75, 3.05) is 0 Å². The Morgan fingerprint density at radius 1 is 1.24 bits per heavy atom. The molecule has 0 atom stereocenters. The van der Waals surface area contributed by atoms with Crippen molar-refractivity contribution in [2.24, 2.45) is 5.73 Å². The molecule has 3 nitrogen and oxygen atoms in total. The second-order valence-corrected chi connectivity index (χ2v) is 3.94. The van der Waals surface area contributed by atoms with Gasteiger partial charge in [0.05, 0.1) is 5.69 Å². The molecule has 0 unspecified atom stereocenters. The average Bonchev–Trinajstić information content (AvgIpc) is 2.38. The summed E-state index contributed by atoms with van der Waals surface area (Å²) in [4.78, 5) is 4.54. The van der Waals surface area contributed by atoms with Crippen molar-refractivity contribution in [2.45, 2.75) is 6.61 Å². The first-order chi connectivity index (χ1) is 8.25. The third-order valence-electron chi connectivity index (χ3n) is 2.23. The summed E-state index contributed by atoms with van der Waals surface area (Å²) in [6, 6.07) is 13.1. The van der Waals surface area contributed by atoms with E-state index in [0.29, 0.717) is 11.6 Å². The Hall–Kier alpha value is -1.94. The molecule has 2 N–H and O–H groups in total. The van der Waals surface area contributed by atoms with E-state index in [9.17, 15) is 0 Å². The summed E-state index contributed by atoms with van der Waals surface area (Å²) >= 11 is 4.91. The molecular weight excluding hydrogens is 232 g/mol. The molecule has 0 radical (unpaired) electrons. The standard InChI is InChI=1S/C13H12N2OS/c14-13(17)10-4-3-6-12(8-10)16-9-11-5-1-2-7-15-11/h1-8H,9H2,(H2,14,17). The van der Waals surface area contributed by atoms with E-state index in [1.165, 1.54) is 0 Å². The van der Waals surface area contributed by atoms with Crippen LogP contribution in [-0.4, -0.2) is 9.97 Å². The molecule has 0 bridgehead atoms. The van der Waals surface area contributed by atoms with Gasteiger partial charge in [0.2, 0.25) is 0 Å². The number of hydrogen-bond donors (Lipinski definition) is 1. The fourth-order valence-electron chi connectivity index (χ4n) is 1.38. The highest BCUT2D eigenvalue weighted by Crippen LogP contribution is 2.14. The molecule has 0 aliphatic carbocycles. The number of rotatable bonds is 4. The SMILES string of the molecule is NC(=S)c1cccc(OCc2ccccn2)c1. The second-order valence-electron chi connectivity index (χ2n) is 3.50. The van der Waals surface area contributed by atoms with Gasteiger partial charge in [-0.15, -0.1) is 0 Å². The second kappa shape index (κ2) is 5.41. The molecule has 2 aromatic rings. The number of hydrogen-bond acceptors (Lipinski definition) is 3. The Morgan fingerprint density at radius 2 is 2.12 bits per heavy atom. The molecule has 0 aliphatic rings. The molecule has 4 heteroatoms. The lowest BCUT2D eigenvalue weighted by Gasteiger charge is -2.06. The fraction of sp³-hybridized carbons (Fsp3) is 0.0769. The number of ether oxygens (including phenoxy) is 1. The lowest BCUT2D eigenvalue weighted by Crippen LogP contribution is -2.09. The van der Waals surface area contributed by atoms with Gasteiger partial charge < -0.3 is 10.5 Å². The van der Waals surface area contributed by atoms with Crippen LogP contribution in [0.1, 0.15) is 11.3 Å². The first-order valence-electron chi connectivity index (χ1n) is 5.18. The van der Waals surface area contributed by atoms with Crippen LogP contribution < -0.4 is 10.5 Å². The third kappa shape index (κ3) is 3.26. The zero-order valence-corrected chi connectivity index (χ0v) is 9.98. The van der Waals surface area contributed by atoms with E-state index in [0.717, 1.165) is 17.0 Å². The predicted octanol–water partition coefficient (Wildman–Crippen LogP) is 2.29. The monoisotopic (exact) mass is 244 g/mol. The maximum absolute atomic E-state index is 5.61. The first kappa shape index (κ1) is 11.5. The maximum atomic E-state index is 5.61. The van der Waals surface area contributed by atoms with Crippen LogP contribution in [-0.2, 0) is 6.61 Å². The minimum absolute atomic E-state index is 0.369. The van der Waals surface area contributed by atoms with Gasteiger partial charge in [0.25, 0.3) is 0 Å². The van der Waals surface area contributed by atoms with E-state index < -0.39 is 0 Å². The molecule has 0 saturated heterocycles. The molecule has 0 aliphatic heterocycles. The van der Waals surface area contributed by atoms with Gasteiger partial charge in [-0.1, -0.05) is 30.4 Å². The van der Waals surface area contributed by atoms with Crippen LogP contribution in [0.5, 0.6) is 5.75 Å². The highest BCUT2D eigenvalue weighted by Gasteiger charge is 2.00. The molecule has 0 spiro atoms. The van der Waals surface area contributed by atoms with Crippen LogP contribution in [0, 0.1) is 0 Å². The smallest absolute Gasteiger partial charge is 0.130 e. The molecule has 0 fully saturated rings. The number of benzene rings is 1. The molecule has 2 rings (SSSR count). The maximum Gasteiger partial charge on any atom is 0.130 e. The van der Waals surface area contributed by atoms with Gasteiger partial charge in [-0.2, -0.15) is 0 Å². The summed E-state index contributed by atoms with van der Waals surface area (Å²) in [5, 5.41) is 0. The third-order valence-corrected chi connectivity index (χ3v) is 2.47. The van der Waals surface area contributed by atoms with Gasteiger partial charge in [0, 0.05) is 11.8 Å². The molecular formula is C13H12N2OS. The fourth-order valence-corrected chi connectivity index (χ4v) is 1.51. The minimum Gasteiger partial charge on any atom is -0.487 e. The van der Waals surface area contributed by atoms with Crippen molar-refractivity contribution < 1.29 is 4.74 Å². The lowest BCUT2D eigenvalue weighted by molar-refractivity contribution is 0.301. The Kier molecular flexibility index (Phi) is 3.67. The zero-order chi connectivity index (χ0) is 12.1. The van der Waals surface area contributed by atoms with E-state index in [1.807, 2.05) is 42.5 Å². The first-order valence-corrected chi connectivity index (χ1v) is 5.59. The van der Waals surface area contributed by atoms with Gasteiger partial charge in [-0.3, -0.25) is 4.98 Å². The molecule has 0 amide bonds. The summed E-state index contributed by atoms with van der Waals surface area (Å²) < 4.78 is 5.61. The largest absolute Gasteiger partial charge is 0.487 e. The van der Waals surface area contributed by atoms with Crippen LogP contribution in [0.15, 0.2) is 48.7 Å².